The van der Waals surface area contributed by atoms with Gasteiger partial charge in [0, 0.05) is 41.5 Å². The first-order chi connectivity index (χ1) is 34.0. The van der Waals surface area contributed by atoms with E-state index in [2.05, 4.69) is 268 Å². The van der Waals surface area contributed by atoms with Crippen molar-refractivity contribution in [2.24, 2.45) is 0 Å². The quantitative estimate of drug-likeness (QED) is 0.134. The van der Waals surface area contributed by atoms with Gasteiger partial charge >= 0.3 is 0 Å². The number of hydrogen-bond acceptors (Lipinski definition) is 0. The lowest BCUT2D eigenvalue weighted by Gasteiger charge is -2.43. The normalized spacial score (nSPS) is 11.9. The highest BCUT2D eigenvalue weighted by molar-refractivity contribution is 8.34. The summed E-state index contributed by atoms with van der Waals surface area (Å²) in [5, 5.41) is 2.52. The van der Waals surface area contributed by atoms with Gasteiger partial charge in [-0.25, -0.2) is 0 Å². The first-order valence-electron chi connectivity index (χ1n) is 25.4. The van der Waals surface area contributed by atoms with Gasteiger partial charge in [-0.1, -0.05) is 112 Å². The maximum Gasteiger partial charge on any atom is 0.139 e. The second-order valence-electron chi connectivity index (χ2n) is 20.5. The molecule has 0 atom stereocenters. The molecule has 0 amide bonds. The van der Waals surface area contributed by atoms with Crippen LogP contribution in [-0.2, 0) is 0 Å². The van der Waals surface area contributed by atoms with Gasteiger partial charge in [-0.05, 0) is 89.0 Å². The number of hydrogen-bond donors (Lipinski definition) is 0. The van der Waals surface area contributed by atoms with Crippen molar-refractivity contribution in [2.45, 2.75) is 19.6 Å². The third-order valence-electron chi connectivity index (χ3n) is 17.5. The average molecular weight is 911 g/mol. The Kier molecular flexibility index (Phi) is 12.8. The van der Waals surface area contributed by atoms with Gasteiger partial charge in [-0.2, -0.15) is 0 Å². The van der Waals surface area contributed by atoms with E-state index >= 15 is 0 Å². The van der Waals surface area contributed by atoms with Gasteiger partial charge in [0.2, 0.25) is 0 Å². The molecule has 1 nitrogen and oxygen atoms in total. The van der Waals surface area contributed by atoms with Crippen LogP contribution in [0.25, 0.3) is 60.9 Å². The van der Waals surface area contributed by atoms with Crippen molar-refractivity contribution in [3.05, 3.63) is 146 Å². The molecule has 10 aromatic rings. The van der Waals surface area contributed by atoms with Gasteiger partial charge in [-0.15, -0.1) is 59.2 Å². The maximum atomic E-state index is 2.66. The molecule has 0 aliphatic heterocycles. The standard InChI is InChI=1S/C54H54B15NS/c55-39-36(40(56)46(62)51(67)45(39)61)25-20-21-35-31(22-25)30-18-10-11-19-34(30)70(35)54-32(37-41(57)47(63)52(68)48(64)42(37)58)23-29(24-33(54)38-43(59)49(65)53(69)50(66)44(38)60)71(26-12-4-1-5-13-26,27-14-6-2-7-15-27)28-16-8-3-9-17-28/h1-24H,55-69H2. The summed E-state index contributed by atoms with van der Waals surface area (Å²) in [6.07, 6.45) is 0. The Hall–Kier alpha value is -5.90. The lowest BCUT2D eigenvalue weighted by molar-refractivity contribution is 1.17. The molecular weight excluding hydrogens is 857 g/mol. The molecule has 0 unspecified atom stereocenters. The van der Waals surface area contributed by atoms with Gasteiger partial charge < -0.3 is 4.57 Å². The van der Waals surface area contributed by atoms with E-state index in [-0.39, 0.29) is 0 Å². The molecule has 10 rings (SSSR count). The number of nitrogens with zero attached hydrogens (tertiary/aromatic N) is 1. The second kappa shape index (κ2) is 18.6. The Morgan fingerprint density at radius 1 is 0.268 bits per heavy atom. The average Bonchev–Trinajstić information content (AvgIpc) is 3.72. The number of aromatic nitrogens is 1. The minimum atomic E-state index is -2.12. The van der Waals surface area contributed by atoms with Crippen LogP contribution in [0.15, 0.2) is 165 Å². The zero-order valence-corrected chi connectivity index (χ0v) is 45.5. The fraction of sp³-hybridized carbons (Fsp3) is 0. The van der Waals surface area contributed by atoms with Crippen LogP contribution in [0.2, 0.25) is 0 Å². The summed E-state index contributed by atoms with van der Waals surface area (Å²) in [4.78, 5) is 5.26. The number of benzene rings is 9. The van der Waals surface area contributed by atoms with E-state index in [9.17, 15) is 0 Å². The lowest BCUT2D eigenvalue weighted by atomic mass is 9.58. The summed E-state index contributed by atoms with van der Waals surface area (Å²) in [6, 6.07) is 55.9. The molecule has 17 heteroatoms. The summed E-state index contributed by atoms with van der Waals surface area (Å²) in [5.74, 6) is 0. The zero-order chi connectivity index (χ0) is 50.4. The van der Waals surface area contributed by atoms with Crippen LogP contribution >= 0.6 is 10.0 Å². The molecule has 0 aliphatic carbocycles. The van der Waals surface area contributed by atoms with Crippen molar-refractivity contribution >= 4 is 231 Å². The van der Waals surface area contributed by atoms with Crippen LogP contribution in [0.3, 0.4) is 0 Å². The van der Waals surface area contributed by atoms with Crippen LogP contribution in [0.4, 0.5) is 0 Å². The Labute approximate surface area is 437 Å². The SMILES string of the molecule is Bc1c(B)c(B)c(-c2ccc3c(c2)c2ccccc2n3-c2c(-c3c(B)c(B)c(B)c(B)c3B)cc(S(c3ccccc3)(c3ccccc3)c3ccccc3)cc2-c2c(B)c(B)c(B)c(B)c2B)c(B)c1B. The van der Waals surface area contributed by atoms with Crippen molar-refractivity contribution in [3.8, 4) is 39.1 Å². The fourth-order valence-corrected chi connectivity index (χ4v) is 16.1. The largest absolute Gasteiger partial charge is 0.308 e. The van der Waals surface area contributed by atoms with Crippen molar-refractivity contribution in [1.29, 1.82) is 0 Å². The summed E-state index contributed by atoms with van der Waals surface area (Å²) < 4.78 is 2.66. The Bertz CT molecular complexity index is 3550. The molecule has 0 N–H and O–H groups in total. The van der Waals surface area contributed by atoms with Gasteiger partial charge in [0.25, 0.3) is 0 Å². The summed E-state index contributed by atoms with van der Waals surface area (Å²) >= 11 is 0. The topological polar surface area (TPSA) is 4.93 Å². The van der Waals surface area contributed by atoms with E-state index in [0.717, 1.165) is 0 Å². The van der Waals surface area contributed by atoms with E-state index in [1.165, 1.54) is 162 Å². The Morgan fingerprint density at radius 2 is 0.592 bits per heavy atom. The summed E-state index contributed by atoms with van der Waals surface area (Å²) in [6.45, 7) is 0. The molecule has 326 valence electrons. The van der Waals surface area contributed by atoms with Gasteiger partial charge in [0.1, 0.15) is 118 Å². The molecular formula is C54H54B15NS. The second-order valence-corrected chi connectivity index (χ2v) is 23.6. The zero-order valence-electron chi connectivity index (χ0n) is 44.7. The molecule has 71 heavy (non-hydrogen) atoms. The highest BCUT2D eigenvalue weighted by atomic mass is 32.3. The molecule has 0 aliphatic rings. The van der Waals surface area contributed by atoms with Gasteiger partial charge in [-0.3, -0.25) is 0 Å². The molecule has 0 saturated carbocycles. The predicted molar refractivity (Wildman–Crippen MR) is 360 cm³/mol. The highest BCUT2D eigenvalue weighted by Gasteiger charge is 2.36. The van der Waals surface area contributed by atoms with Crippen molar-refractivity contribution in [3.63, 3.8) is 0 Å². The monoisotopic (exact) mass is 914 g/mol. The molecule has 9 aromatic carbocycles. The smallest absolute Gasteiger partial charge is 0.139 e. The summed E-state index contributed by atoms with van der Waals surface area (Å²) in [7, 11) is 32.8. The molecule has 0 radical (unpaired) electrons. The predicted octanol–water partition coefficient (Wildman–Crippen LogP) is -11.0. The third-order valence-corrected chi connectivity index (χ3v) is 21.3. The van der Waals surface area contributed by atoms with Crippen LogP contribution in [0, 0.1) is 0 Å². The van der Waals surface area contributed by atoms with Crippen LogP contribution < -0.4 is 81.9 Å². The molecule has 0 fully saturated rings. The van der Waals surface area contributed by atoms with E-state index in [1.807, 2.05) is 0 Å². The summed E-state index contributed by atoms with van der Waals surface area (Å²) in [5.41, 5.74) is 31.8. The molecule has 1 aromatic heterocycles. The lowest BCUT2D eigenvalue weighted by Crippen LogP contribution is -2.55. The van der Waals surface area contributed by atoms with E-state index in [0.29, 0.717) is 0 Å². The third kappa shape index (κ3) is 7.46. The Balaban J connectivity index is 1.48. The number of rotatable bonds is 8. The Morgan fingerprint density at radius 3 is 0.986 bits per heavy atom. The van der Waals surface area contributed by atoms with Gasteiger partial charge in [0.15, 0.2) is 0 Å². The number of fused-ring (bicyclic) bond motifs is 3. The van der Waals surface area contributed by atoms with E-state index < -0.39 is 10.0 Å². The maximum absolute atomic E-state index is 2.66. The molecule has 0 saturated heterocycles. The molecule has 0 bridgehead atoms. The number of para-hydroxylation sites is 1. The fourth-order valence-electron chi connectivity index (χ4n) is 12.2. The van der Waals surface area contributed by atoms with Crippen molar-refractivity contribution in [2.75, 3.05) is 0 Å². The van der Waals surface area contributed by atoms with Crippen LogP contribution in [0.1, 0.15) is 0 Å². The minimum absolute atomic E-state index is 1.21. The highest BCUT2D eigenvalue weighted by Crippen LogP contribution is 2.74. The van der Waals surface area contributed by atoms with Crippen LogP contribution in [-0.4, -0.2) is 122 Å². The first-order valence-corrected chi connectivity index (χ1v) is 27.1. The minimum Gasteiger partial charge on any atom is -0.308 e. The van der Waals surface area contributed by atoms with Crippen molar-refractivity contribution in [1.82, 2.24) is 4.57 Å². The first kappa shape index (κ1) is 48.7. The van der Waals surface area contributed by atoms with Crippen molar-refractivity contribution < 1.29 is 0 Å². The van der Waals surface area contributed by atoms with Crippen LogP contribution in [0.5, 0.6) is 0 Å². The molecule has 0 spiro atoms. The van der Waals surface area contributed by atoms with Gasteiger partial charge in [0.05, 0.1) is 16.7 Å². The van der Waals surface area contributed by atoms with E-state index in [1.54, 1.807) is 0 Å². The van der Waals surface area contributed by atoms with E-state index in [4.69, 9.17) is 0 Å². The molecule has 1 heterocycles.